The van der Waals surface area contributed by atoms with Gasteiger partial charge in [-0.2, -0.15) is 0 Å². The largest absolute Gasteiger partial charge is 0.366 e. The van der Waals surface area contributed by atoms with E-state index in [-0.39, 0.29) is 23.3 Å². The third kappa shape index (κ3) is 4.39. The van der Waals surface area contributed by atoms with Gasteiger partial charge in [0.25, 0.3) is 5.91 Å². The Morgan fingerprint density at radius 1 is 1.21 bits per heavy atom. The number of benzene rings is 1. The number of hydrogen-bond donors (Lipinski definition) is 1. The van der Waals surface area contributed by atoms with Crippen LogP contribution < -0.4 is 5.32 Å². The van der Waals surface area contributed by atoms with Crippen LogP contribution in [0.3, 0.4) is 0 Å². The van der Waals surface area contributed by atoms with Crippen LogP contribution in [0, 0.1) is 5.41 Å². The van der Waals surface area contributed by atoms with E-state index in [1.165, 1.54) is 5.56 Å². The number of carbonyl (C=O) groups excluding carboxylic acids is 2. The van der Waals surface area contributed by atoms with Gasteiger partial charge in [-0.3, -0.25) is 9.59 Å². The molecule has 152 valence electrons. The highest BCUT2D eigenvalue weighted by molar-refractivity contribution is 5.82. The molecule has 3 heterocycles. The third-order valence-corrected chi connectivity index (χ3v) is 6.48. The van der Waals surface area contributed by atoms with E-state index in [1.807, 2.05) is 11.0 Å². The summed E-state index contributed by atoms with van der Waals surface area (Å²) in [5, 5.41) is 3.22. The molecular formula is C22H31N3O3. The van der Waals surface area contributed by atoms with Gasteiger partial charge >= 0.3 is 0 Å². The number of likely N-dealkylation sites (tertiary alicyclic amines) is 2. The zero-order chi connectivity index (χ0) is 19.4. The Bertz CT molecular complexity index is 680. The lowest BCUT2D eigenvalue weighted by Crippen LogP contribution is -2.52. The molecule has 0 bridgehead atoms. The summed E-state index contributed by atoms with van der Waals surface area (Å²) >= 11 is 0. The molecule has 1 N–H and O–H groups in total. The fourth-order valence-electron chi connectivity index (χ4n) is 4.77. The van der Waals surface area contributed by atoms with Crippen molar-refractivity contribution in [3.8, 4) is 0 Å². The fraction of sp³-hybridized carbons (Fsp3) is 0.636. The van der Waals surface area contributed by atoms with Crippen molar-refractivity contribution < 1.29 is 14.3 Å². The van der Waals surface area contributed by atoms with Crippen molar-refractivity contribution in [1.82, 2.24) is 15.1 Å². The van der Waals surface area contributed by atoms with Crippen LogP contribution >= 0.6 is 0 Å². The molecule has 1 aromatic carbocycles. The molecule has 0 unspecified atom stereocenters. The second-order valence-electron chi connectivity index (χ2n) is 8.47. The van der Waals surface area contributed by atoms with Crippen LogP contribution in [0.1, 0.15) is 31.2 Å². The van der Waals surface area contributed by atoms with Gasteiger partial charge in [0.05, 0.1) is 6.61 Å². The maximum Gasteiger partial charge on any atom is 0.253 e. The molecule has 3 aliphatic heterocycles. The van der Waals surface area contributed by atoms with Crippen molar-refractivity contribution in [1.29, 1.82) is 0 Å². The predicted molar refractivity (Wildman–Crippen MR) is 107 cm³/mol. The molecule has 0 radical (unpaired) electrons. The Kier molecular flexibility index (Phi) is 5.97. The summed E-state index contributed by atoms with van der Waals surface area (Å²) in [5.41, 5.74) is 1.39. The number of nitrogens with zero attached hydrogens (tertiary/aromatic N) is 2. The molecule has 1 spiro atoms. The molecule has 28 heavy (non-hydrogen) atoms. The Morgan fingerprint density at radius 2 is 2.00 bits per heavy atom. The molecule has 0 saturated carbocycles. The molecule has 3 fully saturated rings. The zero-order valence-corrected chi connectivity index (χ0v) is 16.6. The minimum Gasteiger partial charge on any atom is -0.366 e. The van der Waals surface area contributed by atoms with Gasteiger partial charge in [-0.25, -0.2) is 0 Å². The number of morpholine rings is 1. The summed E-state index contributed by atoms with van der Waals surface area (Å²) in [4.78, 5) is 29.2. The number of aryl methyl sites for hydroxylation is 1. The first-order valence-corrected chi connectivity index (χ1v) is 10.6. The quantitative estimate of drug-likeness (QED) is 0.833. The SMILES string of the molecule is O=C1CC2(CCN(C(=O)[C@H]3CNCCO3)CC2)CN1CCCc1ccccc1. The van der Waals surface area contributed by atoms with Gasteiger partial charge in [0.15, 0.2) is 0 Å². The third-order valence-electron chi connectivity index (χ3n) is 6.48. The maximum absolute atomic E-state index is 12.6. The van der Waals surface area contributed by atoms with Gasteiger partial charge in [-0.05, 0) is 31.2 Å². The van der Waals surface area contributed by atoms with Crippen molar-refractivity contribution in [2.45, 2.75) is 38.2 Å². The van der Waals surface area contributed by atoms with Crippen LogP contribution in [0.25, 0.3) is 0 Å². The van der Waals surface area contributed by atoms with E-state index in [1.54, 1.807) is 0 Å². The second kappa shape index (κ2) is 8.62. The van der Waals surface area contributed by atoms with Crippen molar-refractivity contribution in [2.24, 2.45) is 5.41 Å². The molecule has 2 amide bonds. The highest BCUT2D eigenvalue weighted by atomic mass is 16.5. The molecule has 3 saturated heterocycles. The van der Waals surface area contributed by atoms with Gasteiger partial charge in [0.2, 0.25) is 5.91 Å². The number of amides is 2. The molecule has 0 aromatic heterocycles. The van der Waals surface area contributed by atoms with Crippen LogP contribution in [0.15, 0.2) is 30.3 Å². The molecule has 0 aliphatic carbocycles. The maximum atomic E-state index is 12.6. The standard InChI is InChI=1S/C22H31N3O3/c26-20-15-22(17-25(20)11-4-7-18-5-2-1-3-6-18)8-12-24(13-9-22)21(27)19-16-23-10-14-28-19/h1-3,5-6,19,23H,4,7-17H2/t19-/m1/s1. The number of hydrogen-bond acceptors (Lipinski definition) is 4. The lowest BCUT2D eigenvalue weighted by atomic mass is 9.77. The van der Waals surface area contributed by atoms with E-state index in [2.05, 4.69) is 34.5 Å². The van der Waals surface area contributed by atoms with Crippen LogP contribution in [0.5, 0.6) is 0 Å². The number of ether oxygens (including phenoxy) is 1. The molecule has 1 aromatic rings. The fourth-order valence-corrected chi connectivity index (χ4v) is 4.77. The average molecular weight is 386 g/mol. The van der Waals surface area contributed by atoms with Crippen molar-refractivity contribution in [2.75, 3.05) is 45.9 Å². The highest BCUT2D eigenvalue weighted by Gasteiger charge is 2.45. The Hall–Kier alpha value is -1.92. The number of carbonyl (C=O) groups is 2. The summed E-state index contributed by atoms with van der Waals surface area (Å²) in [6, 6.07) is 10.5. The molecule has 6 nitrogen and oxygen atoms in total. The zero-order valence-electron chi connectivity index (χ0n) is 16.6. The van der Waals surface area contributed by atoms with Crippen LogP contribution in [-0.2, 0) is 20.7 Å². The molecule has 3 aliphatic rings. The number of rotatable bonds is 5. The smallest absolute Gasteiger partial charge is 0.253 e. The van der Waals surface area contributed by atoms with Crippen LogP contribution in [0.2, 0.25) is 0 Å². The van der Waals surface area contributed by atoms with Crippen molar-refractivity contribution in [3.05, 3.63) is 35.9 Å². The van der Waals surface area contributed by atoms with E-state index < -0.39 is 0 Å². The first-order valence-electron chi connectivity index (χ1n) is 10.6. The van der Waals surface area contributed by atoms with Gasteiger partial charge in [-0.15, -0.1) is 0 Å². The summed E-state index contributed by atoms with van der Waals surface area (Å²) in [6.07, 6.45) is 4.14. The van der Waals surface area contributed by atoms with Crippen molar-refractivity contribution in [3.63, 3.8) is 0 Å². The Balaban J connectivity index is 1.25. The molecule has 1 atom stereocenters. The minimum absolute atomic E-state index is 0.0618. The first kappa shape index (κ1) is 19.4. The lowest BCUT2D eigenvalue weighted by Gasteiger charge is -2.40. The second-order valence-corrected chi connectivity index (χ2v) is 8.47. The van der Waals surface area contributed by atoms with Crippen molar-refractivity contribution >= 4 is 11.8 Å². The average Bonchev–Trinajstić information content (AvgIpc) is 3.04. The van der Waals surface area contributed by atoms with E-state index in [0.29, 0.717) is 19.6 Å². The normalized spacial score (nSPS) is 24.7. The molecule has 6 heteroatoms. The monoisotopic (exact) mass is 385 g/mol. The lowest BCUT2D eigenvalue weighted by molar-refractivity contribution is -0.147. The summed E-state index contributed by atoms with van der Waals surface area (Å²) in [7, 11) is 0. The highest BCUT2D eigenvalue weighted by Crippen LogP contribution is 2.41. The predicted octanol–water partition coefficient (Wildman–Crippen LogP) is 1.45. The van der Waals surface area contributed by atoms with Gasteiger partial charge in [0, 0.05) is 51.1 Å². The first-order chi connectivity index (χ1) is 13.7. The van der Waals surface area contributed by atoms with E-state index in [9.17, 15) is 9.59 Å². The Morgan fingerprint density at radius 3 is 2.71 bits per heavy atom. The van der Waals surface area contributed by atoms with Crippen LogP contribution in [0.4, 0.5) is 0 Å². The number of nitrogens with one attached hydrogen (secondary N) is 1. The molecular weight excluding hydrogens is 354 g/mol. The summed E-state index contributed by atoms with van der Waals surface area (Å²) < 4.78 is 5.61. The minimum atomic E-state index is -0.345. The van der Waals surface area contributed by atoms with Crippen LogP contribution in [-0.4, -0.2) is 73.6 Å². The number of piperidine rings is 1. The van der Waals surface area contributed by atoms with E-state index in [0.717, 1.165) is 58.4 Å². The Labute approximate surface area is 167 Å². The van der Waals surface area contributed by atoms with E-state index in [4.69, 9.17) is 4.74 Å². The van der Waals surface area contributed by atoms with Gasteiger partial charge < -0.3 is 19.9 Å². The van der Waals surface area contributed by atoms with E-state index >= 15 is 0 Å². The topological polar surface area (TPSA) is 61.9 Å². The van der Waals surface area contributed by atoms with Gasteiger partial charge in [0.1, 0.15) is 6.10 Å². The molecule has 4 rings (SSSR count). The summed E-state index contributed by atoms with van der Waals surface area (Å²) in [6.45, 7) is 5.18. The summed E-state index contributed by atoms with van der Waals surface area (Å²) in [5.74, 6) is 0.388. The van der Waals surface area contributed by atoms with Gasteiger partial charge in [-0.1, -0.05) is 30.3 Å².